The smallest absolute Gasteiger partial charge is 0.224 e. The molecule has 10 atom stereocenters. The van der Waals surface area contributed by atoms with Crippen LogP contribution in [0.25, 0.3) is 0 Å². The van der Waals surface area contributed by atoms with E-state index in [1.807, 2.05) is 0 Å². The zero-order valence-corrected chi connectivity index (χ0v) is 22.8. The lowest BCUT2D eigenvalue weighted by Crippen LogP contribution is -2.72. The first-order chi connectivity index (χ1) is 18.2. The van der Waals surface area contributed by atoms with E-state index in [1.54, 1.807) is 0 Å². The Kier molecular flexibility index (Phi) is 5.91. The predicted molar refractivity (Wildman–Crippen MR) is 142 cm³/mol. The van der Waals surface area contributed by atoms with Crippen LogP contribution in [0.1, 0.15) is 96.3 Å². The lowest BCUT2D eigenvalue weighted by atomic mass is 9.67. The normalized spacial score (nSPS) is 48.1. The molecule has 2 saturated carbocycles. The number of carbonyl (C=O) groups is 2. The molecule has 6 saturated heterocycles. The van der Waals surface area contributed by atoms with Crippen molar-refractivity contribution in [2.45, 2.75) is 121 Å². The summed E-state index contributed by atoms with van der Waals surface area (Å²) in [6.45, 7) is 4.80. The van der Waals surface area contributed by atoms with Gasteiger partial charge in [0.15, 0.2) is 0 Å². The minimum absolute atomic E-state index is 0.328. The quantitative estimate of drug-likeness (QED) is 0.558. The highest BCUT2D eigenvalue weighted by Gasteiger charge is 2.56. The zero-order valence-electron chi connectivity index (χ0n) is 22.8. The van der Waals surface area contributed by atoms with Crippen molar-refractivity contribution >= 4 is 11.8 Å². The van der Waals surface area contributed by atoms with Crippen LogP contribution in [0, 0.1) is 35.5 Å². The van der Waals surface area contributed by atoms with Crippen molar-refractivity contribution in [3.63, 3.8) is 0 Å². The summed E-state index contributed by atoms with van der Waals surface area (Å²) in [4.78, 5) is 37.6. The van der Waals surface area contributed by atoms with E-state index in [9.17, 15) is 9.59 Å². The predicted octanol–water partition coefficient (Wildman–Crippen LogP) is 4.29. The van der Waals surface area contributed by atoms with Crippen LogP contribution in [0.3, 0.4) is 0 Å². The van der Waals surface area contributed by atoms with Gasteiger partial charge < -0.3 is 9.80 Å². The van der Waals surface area contributed by atoms with Crippen molar-refractivity contribution in [2.75, 3.05) is 26.2 Å². The summed E-state index contributed by atoms with van der Waals surface area (Å²) in [6.07, 6.45) is 18.8. The standard InChI is InChI=1S/C31H48N4O2/c36-26-13-11-20-5-1-7-24-18-32-15-3-9-22(30(32)34(26)28(20)24)17-23-10-4-16-33-19-25-8-2-6-21-12-14-27(37)35(29(21)25)31(23)33/h20-25,28-31H,1-19H2/t20-,21-,22?,23?,24-,25-,28+,29+,30-,31-/m0/s1. The topological polar surface area (TPSA) is 47.1 Å². The van der Waals surface area contributed by atoms with Crippen molar-refractivity contribution in [2.24, 2.45) is 35.5 Å². The molecule has 6 heteroatoms. The molecule has 204 valence electrons. The van der Waals surface area contributed by atoms with Crippen LogP contribution in [-0.2, 0) is 9.59 Å². The molecule has 6 aliphatic heterocycles. The van der Waals surface area contributed by atoms with Crippen molar-refractivity contribution in [3.05, 3.63) is 0 Å². The fourth-order valence-electron chi connectivity index (χ4n) is 11.5. The Morgan fingerprint density at radius 1 is 0.541 bits per heavy atom. The van der Waals surface area contributed by atoms with Gasteiger partial charge in [0.05, 0.1) is 12.3 Å². The molecule has 2 amide bonds. The molecule has 0 N–H and O–H groups in total. The van der Waals surface area contributed by atoms with Crippen LogP contribution in [0.15, 0.2) is 0 Å². The van der Waals surface area contributed by atoms with Gasteiger partial charge in [0, 0.05) is 51.1 Å². The van der Waals surface area contributed by atoms with E-state index in [2.05, 4.69) is 19.6 Å². The Balaban J connectivity index is 1.09. The van der Waals surface area contributed by atoms with Crippen LogP contribution >= 0.6 is 0 Å². The Morgan fingerprint density at radius 2 is 1.00 bits per heavy atom. The molecule has 8 aliphatic rings. The molecule has 2 unspecified atom stereocenters. The average Bonchev–Trinajstić information content (AvgIpc) is 2.92. The summed E-state index contributed by atoms with van der Waals surface area (Å²) in [6, 6.07) is 1.03. The Labute approximate surface area is 223 Å². The van der Waals surface area contributed by atoms with Crippen molar-refractivity contribution < 1.29 is 9.59 Å². The maximum absolute atomic E-state index is 13.6. The van der Waals surface area contributed by atoms with E-state index in [4.69, 9.17) is 0 Å². The van der Waals surface area contributed by atoms with Crippen LogP contribution in [0.2, 0.25) is 0 Å². The fraction of sp³-hybridized carbons (Fsp3) is 0.935. The molecule has 0 spiro atoms. The first-order valence-electron chi connectivity index (χ1n) is 16.3. The van der Waals surface area contributed by atoms with Gasteiger partial charge in [0.1, 0.15) is 0 Å². The van der Waals surface area contributed by atoms with Gasteiger partial charge >= 0.3 is 0 Å². The molecule has 6 nitrogen and oxygen atoms in total. The average molecular weight is 509 g/mol. The molecule has 0 radical (unpaired) electrons. The molecule has 37 heavy (non-hydrogen) atoms. The third-order valence-electron chi connectivity index (χ3n) is 12.7. The van der Waals surface area contributed by atoms with Gasteiger partial charge in [-0.25, -0.2) is 0 Å². The van der Waals surface area contributed by atoms with E-state index >= 15 is 0 Å². The first kappa shape index (κ1) is 23.7. The monoisotopic (exact) mass is 508 g/mol. The molecule has 0 aromatic carbocycles. The van der Waals surface area contributed by atoms with Crippen LogP contribution < -0.4 is 0 Å². The summed E-state index contributed by atoms with van der Waals surface area (Å²) < 4.78 is 0. The van der Waals surface area contributed by atoms with Gasteiger partial charge in [-0.3, -0.25) is 19.4 Å². The molecule has 0 bridgehead atoms. The number of hydrogen-bond acceptors (Lipinski definition) is 4. The number of nitrogens with zero attached hydrogens (tertiary/aromatic N) is 4. The lowest BCUT2D eigenvalue weighted by Gasteiger charge is -2.63. The van der Waals surface area contributed by atoms with Gasteiger partial charge in [-0.1, -0.05) is 12.8 Å². The minimum Gasteiger partial charge on any atom is -0.323 e. The van der Waals surface area contributed by atoms with Gasteiger partial charge in [-0.15, -0.1) is 0 Å². The Hall–Kier alpha value is -1.14. The summed E-state index contributed by atoms with van der Waals surface area (Å²) in [5, 5.41) is 0. The number of carbonyl (C=O) groups excluding carboxylic acids is 2. The summed E-state index contributed by atoms with van der Waals surface area (Å²) >= 11 is 0. The lowest BCUT2D eigenvalue weighted by molar-refractivity contribution is -0.187. The Bertz CT molecular complexity index is 853. The van der Waals surface area contributed by atoms with Crippen LogP contribution in [0.5, 0.6) is 0 Å². The zero-order chi connectivity index (χ0) is 24.7. The van der Waals surface area contributed by atoms with E-state index in [0.717, 1.165) is 37.5 Å². The molecule has 0 aromatic heterocycles. The molecule has 2 aliphatic carbocycles. The molecular weight excluding hydrogens is 460 g/mol. The van der Waals surface area contributed by atoms with Crippen LogP contribution in [-0.4, -0.2) is 82.0 Å². The van der Waals surface area contributed by atoms with E-state index in [-0.39, 0.29) is 0 Å². The number of hydrogen-bond donors (Lipinski definition) is 0. The third-order valence-corrected chi connectivity index (χ3v) is 12.7. The third kappa shape index (κ3) is 3.70. The van der Waals surface area contributed by atoms with E-state index in [1.165, 1.54) is 96.8 Å². The highest BCUT2D eigenvalue weighted by molar-refractivity contribution is 5.78. The Morgan fingerprint density at radius 3 is 1.49 bits per heavy atom. The van der Waals surface area contributed by atoms with E-state index in [0.29, 0.717) is 59.9 Å². The largest absolute Gasteiger partial charge is 0.323 e. The summed E-state index contributed by atoms with van der Waals surface area (Å²) in [5.74, 6) is 4.95. The van der Waals surface area contributed by atoms with Gasteiger partial charge in [-0.2, -0.15) is 0 Å². The molecule has 0 aromatic rings. The SMILES string of the molecule is O=C1CC[C@@H]2CCC[C@H]3CN4CCCC(CC5CCCN6C[C@@H]7CCC[C@H]8CCC(=O)N([C@H]87)[C@@H]56)[C@@H]4N1[C@H]23. The van der Waals surface area contributed by atoms with Gasteiger partial charge in [-0.05, 0) is 106 Å². The fourth-order valence-corrected chi connectivity index (χ4v) is 11.5. The summed E-state index contributed by atoms with van der Waals surface area (Å²) in [7, 11) is 0. The molecule has 8 rings (SSSR count). The minimum atomic E-state index is 0.328. The number of piperidine rings is 4. The van der Waals surface area contributed by atoms with E-state index < -0.39 is 0 Å². The summed E-state index contributed by atoms with van der Waals surface area (Å²) in [5.41, 5.74) is 0. The number of fused-ring (bicyclic) bond motifs is 4. The van der Waals surface area contributed by atoms with Gasteiger partial charge in [0.25, 0.3) is 0 Å². The first-order valence-corrected chi connectivity index (χ1v) is 16.3. The van der Waals surface area contributed by atoms with Crippen molar-refractivity contribution in [3.8, 4) is 0 Å². The maximum Gasteiger partial charge on any atom is 0.224 e. The van der Waals surface area contributed by atoms with Crippen molar-refractivity contribution in [1.82, 2.24) is 19.6 Å². The maximum atomic E-state index is 13.6. The molecule has 8 fully saturated rings. The second-order valence-corrected chi connectivity index (χ2v) is 14.4. The number of rotatable bonds is 2. The van der Waals surface area contributed by atoms with Gasteiger partial charge in [0.2, 0.25) is 11.8 Å². The highest BCUT2D eigenvalue weighted by atomic mass is 16.2. The van der Waals surface area contributed by atoms with Crippen LogP contribution in [0.4, 0.5) is 0 Å². The number of amides is 2. The van der Waals surface area contributed by atoms with Crippen molar-refractivity contribution in [1.29, 1.82) is 0 Å². The molecular formula is C31H48N4O2. The highest BCUT2D eigenvalue weighted by Crippen LogP contribution is 2.50. The second-order valence-electron chi connectivity index (χ2n) is 14.4. The second kappa shape index (κ2) is 9.21. The molecule has 6 heterocycles.